The van der Waals surface area contributed by atoms with Gasteiger partial charge in [-0.15, -0.1) is 23.2 Å². The lowest BCUT2D eigenvalue weighted by molar-refractivity contribution is -0.164. The predicted molar refractivity (Wildman–Crippen MR) is 86.6 cm³/mol. The lowest BCUT2D eigenvalue weighted by Gasteiger charge is -2.27. The molecule has 23 heavy (non-hydrogen) atoms. The van der Waals surface area contributed by atoms with Crippen LogP contribution in [0.2, 0.25) is 0 Å². The maximum absolute atomic E-state index is 13.4. The Balaban J connectivity index is 3.05. The molecular formula is C14H15BrCl2F3NO2. The van der Waals surface area contributed by atoms with Gasteiger partial charge >= 0.3 is 12.1 Å². The van der Waals surface area contributed by atoms with Gasteiger partial charge in [-0.25, -0.2) is 0 Å². The Morgan fingerprint density at radius 3 is 2.30 bits per heavy atom. The zero-order chi connectivity index (χ0) is 17.6. The zero-order valence-electron chi connectivity index (χ0n) is 12.0. The molecule has 0 heterocycles. The molecule has 0 aliphatic carbocycles. The monoisotopic (exact) mass is 435 g/mol. The van der Waals surface area contributed by atoms with Gasteiger partial charge in [0.15, 0.2) is 0 Å². The van der Waals surface area contributed by atoms with E-state index in [0.29, 0.717) is 4.47 Å². The van der Waals surface area contributed by atoms with Crippen LogP contribution in [0, 0.1) is 0 Å². The molecule has 9 heteroatoms. The van der Waals surface area contributed by atoms with E-state index < -0.39 is 29.1 Å². The molecule has 1 aromatic rings. The summed E-state index contributed by atoms with van der Waals surface area (Å²) < 4.78 is 45.5. The van der Waals surface area contributed by atoms with E-state index in [1.54, 1.807) is 6.92 Å². The molecule has 0 spiro atoms. The first-order valence-corrected chi connectivity index (χ1v) is 8.34. The highest BCUT2D eigenvalue weighted by atomic mass is 79.9. The quantitative estimate of drug-likeness (QED) is 0.494. The molecule has 1 N–H and O–H groups in total. The fourth-order valence-corrected chi connectivity index (χ4v) is 2.51. The molecule has 0 fully saturated rings. The summed E-state index contributed by atoms with van der Waals surface area (Å²) in [6.45, 7) is 1.60. The van der Waals surface area contributed by atoms with Crippen LogP contribution in [-0.2, 0) is 9.53 Å². The minimum atomic E-state index is -4.60. The third-order valence-corrected chi connectivity index (χ3v) is 3.77. The summed E-state index contributed by atoms with van der Waals surface area (Å²) in [6, 6.07) is 2.29. The molecule has 2 unspecified atom stereocenters. The van der Waals surface area contributed by atoms with Crippen molar-refractivity contribution in [2.24, 2.45) is 0 Å². The van der Waals surface area contributed by atoms with Crippen molar-refractivity contribution in [3.8, 4) is 0 Å². The number of hydrogen-bond donors (Lipinski definition) is 1. The van der Waals surface area contributed by atoms with Gasteiger partial charge in [-0.3, -0.25) is 10.1 Å². The molecular weight excluding hydrogens is 422 g/mol. The van der Waals surface area contributed by atoms with Crippen LogP contribution in [0.4, 0.5) is 13.2 Å². The van der Waals surface area contributed by atoms with E-state index in [2.05, 4.69) is 21.2 Å². The van der Waals surface area contributed by atoms with Gasteiger partial charge in [0, 0.05) is 10.9 Å². The van der Waals surface area contributed by atoms with E-state index in [1.165, 1.54) is 24.3 Å². The van der Waals surface area contributed by atoms with E-state index in [9.17, 15) is 18.0 Å². The Kier molecular flexibility index (Phi) is 8.13. The van der Waals surface area contributed by atoms with Crippen molar-refractivity contribution in [3.05, 3.63) is 34.3 Å². The second kappa shape index (κ2) is 9.11. The average molecular weight is 437 g/mol. The lowest BCUT2D eigenvalue weighted by Crippen LogP contribution is -2.46. The van der Waals surface area contributed by atoms with Gasteiger partial charge in [-0.2, -0.15) is 13.2 Å². The fraction of sp³-hybridized carbons (Fsp3) is 0.500. The number of rotatable bonds is 7. The second-order valence-corrected chi connectivity index (χ2v) is 6.82. The van der Waals surface area contributed by atoms with Crippen LogP contribution in [0.1, 0.15) is 24.9 Å². The van der Waals surface area contributed by atoms with Gasteiger partial charge in [0.05, 0.1) is 6.61 Å². The van der Waals surface area contributed by atoms with Crippen molar-refractivity contribution in [1.29, 1.82) is 0 Å². The molecule has 2 atom stereocenters. The van der Waals surface area contributed by atoms with Crippen LogP contribution < -0.4 is 5.32 Å². The number of nitrogens with one attached hydrogen (secondary N) is 1. The van der Waals surface area contributed by atoms with Crippen LogP contribution >= 0.6 is 39.1 Å². The summed E-state index contributed by atoms with van der Waals surface area (Å²) in [7, 11) is 0. The summed E-state index contributed by atoms with van der Waals surface area (Å²) >= 11 is 14.4. The van der Waals surface area contributed by atoms with Crippen LogP contribution in [-0.4, -0.2) is 29.6 Å². The summed E-state index contributed by atoms with van der Waals surface area (Å²) in [5, 5.41) is 2.26. The molecule has 0 radical (unpaired) electrons. The molecule has 0 aliphatic rings. The summed E-state index contributed by atoms with van der Waals surface area (Å²) in [6.07, 6.45) is -4.81. The Bertz CT molecular complexity index is 512. The molecule has 1 rings (SSSR count). The van der Waals surface area contributed by atoms with Gasteiger partial charge in [0.1, 0.15) is 16.9 Å². The molecule has 0 amide bonds. The first-order chi connectivity index (χ1) is 10.6. The SMILES string of the molecule is CCOC(=O)C(CC(Cl)Cl)NC(c1ccc(Br)cc1)C(F)(F)F. The van der Waals surface area contributed by atoms with E-state index >= 15 is 0 Å². The number of carbonyl (C=O) groups excluding carboxylic acids is 1. The van der Waals surface area contributed by atoms with Crippen LogP contribution in [0.3, 0.4) is 0 Å². The van der Waals surface area contributed by atoms with E-state index in [-0.39, 0.29) is 18.6 Å². The standard InChI is InChI=1S/C14H15BrCl2F3NO2/c1-2-23-13(22)10(7-11(16)17)21-12(14(18,19)20)8-3-5-9(15)6-4-8/h3-6,10-12,21H,2,7H2,1H3. The highest BCUT2D eigenvalue weighted by Crippen LogP contribution is 2.34. The number of benzene rings is 1. The highest BCUT2D eigenvalue weighted by Gasteiger charge is 2.43. The number of carbonyl (C=O) groups is 1. The van der Waals surface area contributed by atoms with Gasteiger partial charge < -0.3 is 4.74 Å². The van der Waals surface area contributed by atoms with Gasteiger partial charge in [0.2, 0.25) is 0 Å². The van der Waals surface area contributed by atoms with E-state index in [1.807, 2.05) is 0 Å². The molecule has 0 saturated heterocycles. The Morgan fingerprint density at radius 2 is 1.87 bits per heavy atom. The Hall–Kier alpha value is -0.500. The normalized spacial score (nSPS) is 14.6. The first kappa shape index (κ1) is 20.5. The minimum Gasteiger partial charge on any atom is -0.465 e. The molecule has 3 nitrogen and oxygen atoms in total. The number of ether oxygens (including phenoxy) is 1. The topological polar surface area (TPSA) is 38.3 Å². The number of esters is 1. The number of alkyl halides is 5. The van der Waals surface area contributed by atoms with Crippen molar-refractivity contribution in [1.82, 2.24) is 5.32 Å². The van der Waals surface area contributed by atoms with Crippen molar-refractivity contribution < 1.29 is 22.7 Å². The van der Waals surface area contributed by atoms with Crippen LogP contribution in [0.15, 0.2) is 28.7 Å². The average Bonchev–Trinajstić information content (AvgIpc) is 2.43. The maximum Gasteiger partial charge on any atom is 0.407 e. The molecule has 0 aromatic heterocycles. The highest BCUT2D eigenvalue weighted by molar-refractivity contribution is 9.10. The van der Waals surface area contributed by atoms with Gasteiger partial charge in [-0.05, 0) is 24.6 Å². The van der Waals surface area contributed by atoms with Crippen molar-refractivity contribution in [2.45, 2.75) is 36.4 Å². The van der Waals surface area contributed by atoms with Crippen molar-refractivity contribution in [3.63, 3.8) is 0 Å². The smallest absolute Gasteiger partial charge is 0.407 e. The fourth-order valence-electron chi connectivity index (χ4n) is 1.89. The molecule has 0 aliphatic heterocycles. The predicted octanol–water partition coefficient (Wildman–Crippen LogP) is 4.77. The van der Waals surface area contributed by atoms with Crippen molar-refractivity contribution >= 4 is 45.1 Å². The maximum atomic E-state index is 13.4. The van der Waals surface area contributed by atoms with Gasteiger partial charge in [0.25, 0.3) is 0 Å². The lowest BCUT2D eigenvalue weighted by atomic mass is 10.0. The van der Waals surface area contributed by atoms with E-state index in [4.69, 9.17) is 27.9 Å². The third kappa shape index (κ3) is 6.87. The van der Waals surface area contributed by atoms with Crippen molar-refractivity contribution in [2.75, 3.05) is 6.61 Å². The van der Waals surface area contributed by atoms with Crippen LogP contribution in [0.25, 0.3) is 0 Å². The number of halogens is 6. The van der Waals surface area contributed by atoms with Gasteiger partial charge in [-0.1, -0.05) is 28.1 Å². The molecule has 130 valence electrons. The Morgan fingerprint density at radius 1 is 1.30 bits per heavy atom. The zero-order valence-corrected chi connectivity index (χ0v) is 15.1. The van der Waals surface area contributed by atoms with Crippen LogP contribution in [0.5, 0.6) is 0 Å². The largest absolute Gasteiger partial charge is 0.465 e. The minimum absolute atomic E-state index is 0.0318. The molecule has 0 bridgehead atoms. The third-order valence-electron chi connectivity index (χ3n) is 2.88. The summed E-state index contributed by atoms with van der Waals surface area (Å²) in [4.78, 5) is 10.8. The molecule has 1 aromatic carbocycles. The summed E-state index contributed by atoms with van der Waals surface area (Å²) in [5.41, 5.74) is -0.0318. The first-order valence-electron chi connectivity index (χ1n) is 6.68. The molecule has 0 saturated carbocycles. The summed E-state index contributed by atoms with van der Waals surface area (Å²) in [5.74, 6) is -0.829. The second-order valence-electron chi connectivity index (χ2n) is 4.62. The van der Waals surface area contributed by atoms with E-state index in [0.717, 1.165) is 0 Å². The number of hydrogen-bond acceptors (Lipinski definition) is 3. The Labute approximate surface area is 150 Å².